The van der Waals surface area contributed by atoms with E-state index >= 15 is 0 Å². The Morgan fingerprint density at radius 2 is 2.00 bits per heavy atom. The van der Waals surface area contributed by atoms with Crippen LogP contribution in [0.3, 0.4) is 0 Å². The molecule has 0 fully saturated rings. The van der Waals surface area contributed by atoms with Crippen LogP contribution in [-0.2, 0) is 6.42 Å². The molecule has 0 bridgehead atoms. The van der Waals surface area contributed by atoms with Crippen molar-refractivity contribution in [2.24, 2.45) is 11.7 Å². The Morgan fingerprint density at radius 3 is 2.57 bits per heavy atom. The lowest BCUT2D eigenvalue weighted by molar-refractivity contribution is 0.486. The molecule has 1 atom stereocenters. The van der Waals surface area contributed by atoms with Gasteiger partial charge in [0, 0.05) is 0 Å². The maximum atomic E-state index is 5.76. The molecular weight excluding hydrogens is 170 g/mol. The standard InChI is InChI=1S/C13H21N/c1-3-6-12(10-14)9-13-8-5-4-7-11(13)2/h4-5,7-8,12H,3,6,9-10,14H2,1-2H3. The first kappa shape index (κ1) is 11.3. The molecule has 78 valence electrons. The minimum atomic E-state index is 0.654. The molecule has 0 heterocycles. The lowest BCUT2D eigenvalue weighted by Gasteiger charge is -2.14. The van der Waals surface area contributed by atoms with Crippen molar-refractivity contribution in [1.29, 1.82) is 0 Å². The second-order valence-electron chi connectivity index (χ2n) is 4.02. The summed E-state index contributed by atoms with van der Waals surface area (Å²) in [6.07, 6.45) is 3.61. The van der Waals surface area contributed by atoms with E-state index in [9.17, 15) is 0 Å². The second kappa shape index (κ2) is 5.82. The molecule has 1 heteroatoms. The average Bonchev–Trinajstić information content (AvgIpc) is 2.20. The summed E-state index contributed by atoms with van der Waals surface area (Å²) in [5, 5.41) is 0. The SMILES string of the molecule is CCCC(CN)Cc1ccccc1C. The van der Waals surface area contributed by atoms with Gasteiger partial charge in [-0.3, -0.25) is 0 Å². The van der Waals surface area contributed by atoms with Gasteiger partial charge in [-0.1, -0.05) is 37.6 Å². The van der Waals surface area contributed by atoms with E-state index in [1.807, 2.05) is 0 Å². The summed E-state index contributed by atoms with van der Waals surface area (Å²) in [6.45, 7) is 5.21. The molecule has 0 aliphatic heterocycles. The molecule has 0 radical (unpaired) electrons. The number of aryl methyl sites for hydroxylation is 1. The molecule has 1 aromatic carbocycles. The number of benzene rings is 1. The Kier molecular flexibility index (Phi) is 4.68. The molecule has 0 saturated carbocycles. The molecule has 1 nitrogen and oxygen atoms in total. The Labute approximate surface area is 87.3 Å². The van der Waals surface area contributed by atoms with E-state index in [4.69, 9.17) is 5.73 Å². The summed E-state index contributed by atoms with van der Waals surface area (Å²) >= 11 is 0. The summed E-state index contributed by atoms with van der Waals surface area (Å²) < 4.78 is 0. The molecule has 14 heavy (non-hydrogen) atoms. The monoisotopic (exact) mass is 191 g/mol. The van der Waals surface area contributed by atoms with Crippen LogP contribution in [0.5, 0.6) is 0 Å². The number of hydrogen-bond donors (Lipinski definition) is 1. The van der Waals surface area contributed by atoms with Crippen LogP contribution in [0.4, 0.5) is 0 Å². The summed E-state index contributed by atoms with van der Waals surface area (Å²) in [4.78, 5) is 0. The highest BCUT2D eigenvalue weighted by Gasteiger charge is 2.07. The minimum absolute atomic E-state index is 0.654. The maximum Gasteiger partial charge on any atom is -0.00457 e. The molecule has 2 N–H and O–H groups in total. The van der Waals surface area contributed by atoms with Crippen LogP contribution in [0.1, 0.15) is 30.9 Å². The van der Waals surface area contributed by atoms with Crippen LogP contribution < -0.4 is 5.73 Å². The lowest BCUT2D eigenvalue weighted by atomic mass is 9.93. The third kappa shape index (κ3) is 3.15. The molecule has 1 unspecified atom stereocenters. The Balaban J connectivity index is 2.62. The highest BCUT2D eigenvalue weighted by Crippen LogP contribution is 2.15. The fourth-order valence-corrected chi connectivity index (χ4v) is 1.86. The van der Waals surface area contributed by atoms with Crippen molar-refractivity contribution in [3.8, 4) is 0 Å². The number of nitrogens with two attached hydrogens (primary N) is 1. The zero-order chi connectivity index (χ0) is 10.4. The van der Waals surface area contributed by atoms with Crippen LogP contribution in [0.25, 0.3) is 0 Å². The minimum Gasteiger partial charge on any atom is -0.330 e. The van der Waals surface area contributed by atoms with Crippen molar-refractivity contribution >= 4 is 0 Å². The fourth-order valence-electron chi connectivity index (χ4n) is 1.86. The molecule has 0 spiro atoms. The van der Waals surface area contributed by atoms with Gasteiger partial charge in [-0.2, -0.15) is 0 Å². The van der Waals surface area contributed by atoms with E-state index in [1.54, 1.807) is 0 Å². The fraction of sp³-hybridized carbons (Fsp3) is 0.538. The van der Waals surface area contributed by atoms with Crippen LogP contribution in [0.2, 0.25) is 0 Å². The van der Waals surface area contributed by atoms with Gasteiger partial charge in [0.2, 0.25) is 0 Å². The van der Waals surface area contributed by atoms with Gasteiger partial charge in [-0.15, -0.1) is 0 Å². The van der Waals surface area contributed by atoms with Crippen LogP contribution in [0, 0.1) is 12.8 Å². The third-order valence-corrected chi connectivity index (χ3v) is 2.80. The van der Waals surface area contributed by atoms with Crippen molar-refractivity contribution in [2.75, 3.05) is 6.54 Å². The van der Waals surface area contributed by atoms with Crippen molar-refractivity contribution < 1.29 is 0 Å². The summed E-state index contributed by atoms with van der Waals surface area (Å²) in [5.74, 6) is 0.654. The van der Waals surface area contributed by atoms with Gasteiger partial charge in [0.25, 0.3) is 0 Å². The Morgan fingerprint density at radius 1 is 1.29 bits per heavy atom. The van der Waals surface area contributed by atoms with Crippen LogP contribution in [-0.4, -0.2) is 6.54 Å². The molecule has 0 saturated heterocycles. The zero-order valence-corrected chi connectivity index (χ0v) is 9.29. The van der Waals surface area contributed by atoms with Gasteiger partial charge in [-0.25, -0.2) is 0 Å². The lowest BCUT2D eigenvalue weighted by Crippen LogP contribution is -2.17. The third-order valence-electron chi connectivity index (χ3n) is 2.80. The average molecular weight is 191 g/mol. The van der Waals surface area contributed by atoms with Gasteiger partial charge in [-0.05, 0) is 43.4 Å². The van der Waals surface area contributed by atoms with Crippen molar-refractivity contribution in [2.45, 2.75) is 33.1 Å². The van der Waals surface area contributed by atoms with Gasteiger partial charge in [0.15, 0.2) is 0 Å². The normalized spacial score (nSPS) is 12.8. The first-order valence-electron chi connectivity index (χ1n) is 5.52. The zero-order valence-electron chi connectivity index (χ0n) is 9.29. The van der Waals surface area contributed by atoms with Gasteiger partial charge >= 0.3 is 0 Å². The first-order valence-corrected chi connectivity index (χ1v) is 5.52. The molecule has 0 amide bonds. The molecule has 0 aliphatic carbocycles. The number of rotatable bonds is 5. The van der Waals surface area contributed by atoms with Crippen LogP contribution in [0.15, 0.2) is 24.3 Å². The quantitative estimate of drug-likeness (QED) is 0.761. The smallest absolute Gasteiger partial charge is 0.00457 e. The largest absolute Gasteiger partial charge is 0.330 e. The topological polar surface area (TPSA) is 26.0 Å². The predicted molar refractivity (Wildman–Crippen MR) is 62.3 cm³/mol. The van der Waals surface area contributed by atoms with Crippen molar-refractivity contribution in [3.63, 3.8) is 0 Å². The first-order chi connectivity index (χ1) is 6.77. The summed E-state index contributed by atoms with van der Waals surface area (Å²) in [6, 6.07) is 8.60. The molecule has 0 aliphatic rings. The van der Waals surface area contributed by atoms with Gasteiger partial charge < -0.3 is 5.73 Å². The van der Waals surface area contributed by atoms with Crippen LogP contribution >= 0.6 is 0 Å². The van der Waals surface area contributed by atoms with E-state index < -0.39 is 0 Å². The Hall–Kier alpha value is -0.820. The van der Waals surface area contributed by atoms with E-state index in [0.717, 1.165) is 13.0 Å². The van der Waals surface area contributed by atoms with E-state index in [0.29, 0.717) is 5.92 Å². The van der Waals surface area contributed by atoms with E-state index in [-0.39, 0.29) is 0 Å². The maximum absolute atomic E-state index is 5.76. The number of hydrogen-bond acceptors (Lipinski definition) is 1. The van der Waals surface area contributed by atoms with Crippen molar-refractivity contribution in [1.82, 2.24) is 0 Å². The summed E-state index contributed by atoms with van der Waals surface area (Å²) in [5.41, 5.74) is 8.60. The molecule has 0 aromatic heterocycles. The molecular formula is C13H21N. The second-order valence-corrected chi connectivity index (χ2v) is 4.02. The van der Waals surface area contributed by atoms with E-state index in [1.165, 1.54) is 24.0 Å². The highest BCUT2D eigenvalue weighted by atomic mass is 14.5. The van der Waals surface area contributed by atoms with Crippen molar-refractivity contribution in [3.05, 3.63) is 35.4 Å². The summed E-state index contributed by atoms with van der Waals surface area (Å²) in [7, 11) is 0. The predicted octanol–water partition coefficient (Wildman–Crippen LogP) is 2.91. The molecule has 1 rings (SSSR count). The van der Waals surface area contributed by atoms with Gasteiger partial charge in [0.05, 0.1) is 0 Å². The molecule has 1 aromatic rings. The Bertz CT molecular complexity index is 268. The van der Waals surface area contributed by atoms with Gasteiger partial charge in [0.1, 0.15) is 0 Å². The van der Waals surface area contributed by atoms with E-state index in [2.05, 4.69) is 38.1 Å². The highest BCUT2D eigenvalue weighted by molar-refractivity contribution is 5.25.